The van der Waals surface area contributed by atoms with Crippen molar-refractivity contribution in [1.82, 2.24) is 15.1 Å². The molecule has 0 aromatic heterocycles. The third-order valence-corrected chi connectivity index (χ3v) is 6.15. The van der Waals surface area contributed by atoms with Crippen molar-refractivity contribution in [2.75, 3.05) is 39.4 Å². The largest absolute Gasteiger partial charge is 0.379 e. The summed E-state index contributed by atoms with van der Waals surface area (Å²) in [5, 5.41) is 2.98. The maximum Gasteiger partial charge on any atom is 0.243 e. The zero-order chi connectivity index (χ0) is 20.8. The molecule has 29 heavy (non-hydrogen) atoms. The number of morpholine rings is 1. The van der Waals surface area contributed by atoms with E-state index >= 15 is 0 Å². The zero-order valence-electron chi connectivity index (χ0n) is 17.8. The van der Waals surface area contributed by atoms with E-state index in [1.54, 1.807) is 0 Å². The molecule has 2 fully saturated rings. The van der Waals surface area contributed by atoms with Gasteiger partial charge in [0.05, 0.1) is 25.0 Å². The minimum absolute atomic E-state index is 0.169. The number of amides is 3. The smallest absolute Gasteiger partial charge is 0.243 e. The third-order valence-electron chi connectivity index (χ3n) is 6.15. The van der Waals surface area contributed by atoms with Crippen molar-refractivity contribution in [2.45, 2.75) is 52.0 Å². The molecule has 2 aliphatic heterocycles. The van der Waals surface area contributed by atoms with Gasteiger partial charge in [-0.05, 0) is 44.6 Å². The number of imide groups is 1. The van der Waals surface area contributed by atoms with Crippen molar-refractivity contribution in [2.24, 2.45) is 17.8 Å². The molecule has 162 valence electrons. The fourth-order valence-corrected chi connectivity index (χ4v) is 4.52. The minimum Gasteiger partial charge on any atom is -0.379 e. The first-order chi connectivity index (χ1) is 14.0. The van der Waals surface area contributed by atoms with Crippen molar-refractivity contribution in [3.8, 4) is 0 Å². The number of carbonyl (C=O) groups is 3. The van der Waals surface area contributed by atoms with Crippen LogP contribution in [-0.2, 0) is 19.1 Å². The molecule has 2 saturated heterocycles. The number of nitrogens with one attached hydrogen (secondary N) is 1. The summed E-state index contributed by atoms with van der Waals surface area (Å²) >= 11 is 0. The molecule has 1 aliphatic carbocycles. The number of fused-ring (bicyclic) bond motifs is 1. The standard InChI is InChI=1S/C22H35N3O4/c1-16(2)15-19(25-21(27)17-7-3-4-8-18(17)22(25)28)20(26)23-9-5-6-10-24-11-13-29-14-12-24/h3-4,16-19H,5-15H2,1-2H3,(H,23,26). The summed E-state index contributed by atoms with van der Waals surface area (Å²) in [6, 6.07) is -0.695. The van der Waals surface area contributed by atoms with Crippen LogP contribution < -0.4 is 5.32 Å². The summed E-state index contributed by atoms with van der Waals surface area (Å²) in [5.41, 5.74) is 0. The highest BCUT2D eigenvalue weighted by molar-refractivity contribution is 6.08. The van der Waals surface area contributed by atoms with E-state index in [-0.39, 0.29) is 35.5 Å². The second kappa shape index (κ2) is 10.3. The van der Waals surface area contributed by atoms with Crippen molar-refractivity contribution < 1.29 is 19.1 Å². The Bertz CT molecular complexity index is 602. The summed E-state index contributed by atoms with van der Waals surface area (Å²) in [4.78, 5) is 42.4. The van der Waals surface area contributed by atoms with E-state index in [0.717, 1.165) is 45.7 Å². The maximum atomic E-state index is 12.9. The normalized spacial score (nSPS) is 26.1. The van der Waals surface area contributed by atoms with Crippen LogP contribution in [-0.4, -0.2) is 73.0 Å². The van der Waals surface area contributed by atoms with Gasteiger partial charge in [0, 0.05) is 19.6 Å². The van der Waals surface area contributed by atoms with E-state index in [9.17, 15) is 14.4 Å². The fraction of sp³-hybridized carbons (Fsp3) is 0.773. The van der Waals surface area contributed by atoms with Crippen LogP contribution >= 0.6 is 0 Å². The van der Waals surface area contributed by atoms with Crippen LogP contribution in [0.2, 0.25) is 0 Å². The average molecular weight is 406 g/mol. The predicted octanol–water partition coefficient (Wildman–Crippen LogP) is 1.58. The first-order valence-corrected chi connectivity index (χ1v) is 11.1. The first-order valence-electron chi connectivity index (χ1n) is 11.1. The second-order valence-electron chi connectivity index (χ2n) is 8.80. The number of nitrogens with zero attached hydrogens (tertiary/aromatic N) is 2. The van der Waals surface area contributed by atoms with Gasteiger partial charge in [-0.1, -0.05) is 26.0 Å². The van der Waals surface area contributed by atoms with E-state index < -0.39 is 6.04 Å². The topological polar surface area (TPSA) is 79.0 Å². The maximum absolute atomic E-state index is 12.9. The molecular weight excluding hydrogens is 370 g/mol. The van der Waals surface area contributed by atoms with Crippen LogP contribution in [0.1, 0.15) is 46.0 Å². The Morgan fingerprint density at radius 1 is 1.10 bits per heavy atom. The number of hydrogen-bond acceptors (Lipinski definition) is 5. The summed E-state index contributed by atoms with van der Waals surface area (Å²) in [5.74, 6) is -0.895. The molecule has 2 heterocycles. The molecule has 0 aromatic rings. The van der Waals surface area contributed by atoms with Crippen molar-refractivity contribution in [3.05, 3.63) is 12.2 Å². The number of likely N-dealkylation sites (tertiary alicyclic amines) is 1. The van der Waals surface area contributed by atoms with Crippen molar-refractivity contribution >= 4 is 17.7 Å². The molecule has 3 rings (SSSR count). The highest BCUT2D eigenvalue weighted by Gasteiger charge is 2.51. The Morgan fingerprint density at radius 2 is 1.72 bits per heavy atom. The van der Waals surface area contributed by atoms with Gasteiger partial charge in [0.15, 0.2) is 0 Å². The number of carbonyl (C=O) groups excluding carboxylic acids is 3. The van der Waals surface area contributed by atoms with Crippen LogP contribution in [0.15, 0.2) is 12.2 Å². The summed E-state index contributed by atoms with van der Waals surface area (Å²) in [6.45, 7) is 9.14. The second-order valence-corrected chi connectivity index (χ2v) is 8.80. The number of ether oxygens (including phenoxy) is 1. The first kappa shape index (κ1) is 22.0. The Labute approximate surface area is 173 Å². The van der Waals surface area contributed by atoms with Crippen LogP contribution in [0.4, 0.5) is 0 Å². The van der Waals surface area contributed by atoms with Gasteiger partial charge >= 0.3 is 0 Å². The molecule has 3 aliphatic rings. The van der Waals surface area contributed by atoms with Gasteiger partial charge in [0.25, 0.3) is 0 Å². The van der Waals surface area contributed by atoms with E-state index in [0.29, 0.717) is 25.8 Å². The Morgan fingerprint density at radius 3 is 2.31 bits per heavy atom. The molecule has 0 saturated carbocycles. The highest BCUT2D eigenvalue weighted by Crippen LogP contribution is 2.37. The molecule has 1 N–H and O–H groups in total. The minimum atomic E-state index is -0.695. The van der Waals surface area contributed by atoms with Gasteiger partial charge in [-0.3, -0.25) is 24.2 Å². The quantitative estimate of drug-likeness (QED) is 0.358. The van der Waals surface area contributed by atoms with Gasteiger partial charge in [0.1, 0.15) is 6.04 Å². The molecule has 0 spiro atoms. The Hall–Kier alpha value is -1.73. The van der Waals surface area contributed by atoms with E-state index in [4.69, 9.17) is 4.74 Å². The highest BCUT2D eigenvalue weighted by atomic mass is 16.5. The zero-order valence-corrected chi connectivity index (χ0v) is 17.8. The lowest BCUT2D eigenvalue weighted by atomic mass is 9.85. The summed E-state index contributed by atoms with van der Waals surface area (Å²) < 4.78 is 5.36. The molecule has 3 unspecified atom stereocenters. The lowest BCUT2D eigenvalue weighted by Crippen LogP contribution is -2.50. The fourth-order valence-electron chi connectivity index (χ4n) is 4.52. The molecular formula is C22H35N3O4. The number of rotatable bonds is 9. The predicted molar refractivity (Wildman–Crippen MR) is 110 cm³/mol. The van der Waals surface area contributed by atoms with Crippen LogP contribution in [0.5, 0.6) is 0 Å². The molecule has 7 nitrogen and oxygen atoms in total. The number of hydrogen-bond donors (Lipinski definition) is 1. The van der Waals surface area contributed by atoms with Crippen LogP contribution in [0, 0.1) is 17.8 Å². The Balaban J connectivity index is 1.52. The molecule has 7 heteroatoms. The van der Waals surface area contributed by atoms with E-state index in [2.05, 4.69) is 10.2 Å². The monoisotopic (exact) mass is 405 g/mol. The van der Waals surface area contributed by atoms with Gasteiger partial charge in [-0.2, -0.15) is 0 Å². The van der Waals surface area contributed by atoms with Crippen molar-refractivity contribution in [1.29, 1.82) is 0 Å². The molecule has 0 radical (unpaired) electrons. The molecule has 3 atom stereocenters. The van der Waals surface area contributed by atoms with Gasteiger partial charge in [-0.25, -0.2) is 0 Å². The van der Waals surface area contributed by atoms with Gasteiger partial charge in [-0.15, -0.1) is 0 Å². The number of allylic oxidation sites excluding steroid dienone is 2. The molecule has 0 bridgehead atoms. The van der Waals surface area contributed by atoms with Gasteiger partial charge in [0.2, 0.25) is 17.7 Å². The van der Waals surface area contributed by atoms with Crippen molar-refractivity contribution in [3.63, 3.8) is 0 Å². The van der Waals surface area contributed by atoms with Crippen LogP contribution in [0.3, 0.4) is 0 Å². The lowest BCUT2D eigenvalue weighted by Gasteiger charge is -2.28. The number of unbranched alkanes of at least 4 members (excludes halogenated alkanes) is 1. The van der Waals surface area contributed by atoms with Gasteiger partial charge < -0.3 is 10.1 Å². The third kappa shape index (κ3) is 5.45. The van der Waals surface area contributed by atoms with E-state index in [1.807, 2.05) is 26.0 Å². The summed E-state index contributed by atoms with van der Waals surface area (Å²) in [6.07, 6.45) is 7.54. The van der Waals surface area contributed by atoms with E-state index in [1.165, 1.54) is 4.90 Å². The van der Waals surface area contributed by atoms with Crippen LogP contribution in [0.25, 0.3) is 0 Å². The lowest BCUT2D eigenvalue weighted by molar-refractivity contribution is -0.148. The average Bonchev–Trinajstić information content (AvgIpc) is 2.97. The Kier molecular flexibility index (Phi) is 7.84. The molecule has 0 aromatic carbocycles. The SMILES string of the molecule is CC(C)CC(C(=O)NCCCCN1CCOCC1)N1C(=O)C2CC=CCC2C1=O. The summed E-state index contributed by atoms with van der Waals surface area (Å²) in [7, 11) is 0. The molecule has 3 amide bonds.